The van der Waals surface area contributed by atoms with E-state index in [1.54, 1.807) is 6.08 Å². The van der Waals surface area contributed by atoms with Gasteiger partial charge in [0, 0.05) is 6.61 Å². The Bertz CT molecular complexity index is 45.3. The molecule has 0 rings (SSSR count). The molecule has 0 aliphatic rings. The molecule has 0 aliphatic heterocycles. The molecule has 0 saturated carbocycles. The number of hydrogen-bond acceptors (Lipinski definition) is 1. The third-order valence-electron chi connectivity index (χ3n) is 0.498. The van der Waals surface area contributed by atoms with Crippen LogP contribution in [0.3, 0.4) is 0 Å². The average molecular weight is 95.9 g/mol. The second-order valence-corrected chi connectivity index (χ2v) is 1.15. The van der Waals surface area contributed by atoms with E-state index in [9.17, 15) is 0 Å². The zero-order valence-electron chi connectivity index (χ0n) is 4.39. The van der Waals surface area contributed by atoms with Gasteiger partial charge in [-0.3, -0.25) is 0 Å². The van der Waals surface area contributed by atoms with Crippen LogP contribution < -0.4 is 0 Å². The molecule has 0 heterocycles. The summed E-state index contributed by atoms with van der Waals surface area (Å²) in [6.07, 6.45) is 2.30. The molecule has 0 bridgehead atoms. The molecule has 2 heteroatoms. The normalized spacial score (nSPS) is 8.57. The lowest BCUT2D eigenvalue weighted by atomic mass is 10.1. The summed E-state index contributed by atoms with van der Waals surface area (Å²) in [4.78, 5) is 0. The van der Waals surface area contributed by atoms with Crippen molar-refractivity contribution < 1.29 is 4.74 Å². The Morgan fingerprint density at radius 1 is 1.71 bits per heavy atom. The summed E-state index contributed by atoms with van der Waals surface area (Å²) in [5, 5.41) is 0. The standard InChI is InChI=1S/C5H9BO/c1-2-4-7-5-3-6/h2H,1,3-5H2. The van der Waals surface area contributed by atoms with E-state index < -0.39 is 0 Å². The number of ether oxygens (including phenoxy) is 1. The Labute approximate surface area is 45.8 Å². The van der Waals surface area contributed by atoms with E-state index in [0.29, 0.717) is 19.5 Å². The zero-order chi connectivity index (χ0) is 5.54. The fraction of sp³-hybridized carbons (Fsp3) is 0.600. The Balaban J connectivity index is 2.56. The van der Waals surface area contributed by atoms with Crippen LogP contribution in [-0.4, -0.2) is 21.1 Å². The van der Waals surface area contributed by atoms with Crippen molar-refractivity contribution in [2.75, 3.05) is 13.2 Å². The van der Waals surface area contributed by atoms with Crippen LogP contribution in [0.25, 0.3) is 0 Å². The maximum Gasteiger partial charge on any atom is 0.0684 e. The lowest BCUT2D eigenvalue weighted by Gasteiger charge is -1.93. The van der Waals surface area contributed by atoms with Crippen molar-refractivity contribution in [3.05, 3.63) is 12.7 Å². The van der Waals surface area contributed by atoms with Gasteiger partial charge in [-0.25, -0.2) is 0 Å². The number of hydrogen-bond donors (Lipinski definition) is 0. The van der Waals surface area contributed by atoms with Crippen LogP contribution in [0.5, 0.6) is 0 Å². The molecule has 0 spiro atoms. The Hall–Kier alpha value is -0.235. The predicted octanol–water partition coefficient (Wildman–Crippen LogP) is 0.776. The van der Waals surface area contributed by atoms with Crippen molar-refractivity contribution in [3.8, 4) is 0 Å². The zero-order valence-corrected chi connectivity index (χ0v) is 4.39. The van der Waals surface area contributed by atoms with Crippen molar-refractivity contribution in [3.63, 3.8) is 0 Å². The topological polar surface area (TPSA) is 9.23 Å². The van der Waals surface area contributed by atoms with Gasteiger partial charge in [-0.1, -0.05) is 12.4 Å². The van der Waals surface area contributed by atoms with Gasteiger partial charge >= 0.3 is 0 Å². The molecule has 0 atom stereocenters. The highest BCUT2D eigenvalue weighted by Crippen LogP contribution is 1.76. The molecule has 0 saturated heterocycles. The van der Waals surface area contributed by atoms with E-state index in [2.05, 4.69) is 6.58 Å². The van der Waals surface area contributed by atoms with Crippen LogP contribution in [0.4, 0.5) is 0 Å². The van der Waals surface area contributed by atoms with Crippen molar-refractivity contribution in [1.29, 1.82) is 0 Å². The highest BCUT2D eigenvalue weighted by Gasteiger charge is 1.74. The summed E-state index contributed by atoms with van der Waals surface area (Å²) >= 11 is 0. The lowest BCUT2D eigenvalue weighted by molar-refractivity contribution is 0.178. The van der Waals surface area contributed by atoms with Crippen LogP contribution in [-0.2, 0) is 4.74 Å². The van der Waals surface area contributed by atoms with Crippen molar-refractivity contribution in [2.45, 2.75) is 6.32 Å². The van der Waals surface area contributed by atoms with E-state index >= 15 is 0 Å². The fourth-order valence-electron chi connectivity index (χ4n) is 0.250. The molecule has 1 nitrogen and oxygen atoms in total. The Kier molecular flexibility index (Phi) is 5.57. The van der Waals surface area contributed by atoms with Crippen molar-refractivity contribution in [2.24, 2.45) is 0 Å². The molecule has 0 fully saturated rings. The first kappa shape index (κ1) is 6.76. The fourth-order valence-corrected chi connectivity index (χ4v) is 0.250. The minimum absolute atomic E-state index is 0.591. The van der Waals surface area contributed by atoms with Gasteiger partial charge in [0.15, 0.2) is 0 Å². The molecule has 2 radical (unpaired) electrons. The van der Waals surface area contributed by atoms with Crippen molar-refractivity contribution >= 4 is 7.85 Å². The van der Waals surface area contributed by atoms with E-state index in [1.807, 2.05) is 0 Å². The first-order chi connectivity index (χ1) is 3.41. The summed E-state index contributed by atoms with van der Waals surface area (Å²) in [6.45, 7) is 4.71. The predicted molar refractivity (Wildman–Crippen MR) is 31.6 cm³/mol. The van der Waals surface area contributed by atoms with E-state index in [4.69, 9.17) is 12.6 Å². The van der Waals surface area contributed by atoms with Crippen LogP contribution in [0.15, 0.2) is 12.7 Å². The average Bonchev–Trinajstić information content (AvgIpc) is 1.69. The second-order valence-electron chi connectivity index (χ2n) is 1.15. The summed E-state index contributed by atoms with van der Waals surface area (Å²) in [6, 6.07) is 0. The molecule has 0 aromatic rings. The lowest BCUT2D eigenvalue weighted by Crippen LogP contribution is -1.91. The van der Waals surface area contributed by atoms with Gasteiger partial charge < -0.3 is 4.74 Å². The molecular formula is C5H9BO. The second kappa shape index (κ2) is 5.76. The molecule has 0 aromatic carbocycles. The number of rotatable bonds is 4. The molecule has 0 aliphatic carbocycles. The minimum atomic E-state index is 0.591. The van der Waals surface area contributed by atoms with Crippen LogP contribution in [0, 0.1) is 0 Å². The van der Waals surface area contributed by atoms with Gasteiger partial charge in [0.1, 0.15) is 0 Å². The SMILES string of the molecule is [B]CCOCC=C. The van der Waals surface area contributed by atoms with Gasteiger partial charge in [-0.15, -0.1) is 6.58 Å². The maximum absolute atomic E-state index is 5.11. The largest absolute Gasteiger partial charge is 0.378 e. The third kappa shape index (κ3) is 5.76. The van der Waals surface area contributed by atoms with Crippen LogP contribution in [0.1, 0.15) is 0 Å². The van der Waals surface area contributed by atoms with E-state index in [0.717, 1.165) is 0 Å². The molecule has 0 aromatic heterocycles. The molecular weight excluding hydrogens is 86.9 g/mol. The van der Waals surface area contributed by atoms with Gasteiger partial charge in [0.2, 0.25) is 0 Å². The van der Waals surface area contributed by atoms with E-state index in [1.165, 1.54) is 0 Å². The smallest absolute Gasteiger partial charge is 0.0684 e. The highest BCUT2D eigenvalue weighted by molar-refractivity contribution is 6.08. The first-order valence-corrected chi connectivity index (χ1v) is 2.30. The van der Waals surface area contributed by atoms with Crippen LogP contribution >= 0.6 is 0 Å². The first-order valence-electron chi connectivity index (χ1n) is 2.30. The van der Waals surface area contributed by atoms with Crippen molar-refractivity contribution in [1.82, 2.24) is 0 Å². The molecule has 7 heavy (non-hydrogen) atoms. The molecule has 0 unspecified atom stereocenters. The Morgan fingerprint density at radius 2 is 2.43 bits per heavy atom. The molecule has 38 valence electrons. The summed E-state index contributed by atoms with van der Waals surface area (Å²) in [5.74, 6) is 0. The molecule has 0 amide bonds. The summed E-state index contributed by atoms with van der Waals surface area (Å²) in [5.41, 5.74) is 0. The van der Waals surface area contributed by atoms with Gasteiger partial charge in [-0.05, 0) is 0 Å². The van der Waals surface area contributed by atoms with Crippen LogP contribution in [0.2, 0.25) is 6.32 Å². The monoisotopic (exact) mass is 96.1 g/mol. The van der Waals surface area contributed by atoms with Gasteiger partial charge in [-0.2, -0.15) is 0 Å². The Morgan fingerprint density at radius 3 is 2.86 bits per heavy atom. The summed E-state index contributed by atoms with van der Waals surface area (Å²) in [7, 11) is 5.11. The quantitative estimate of drug-likeness (QED) is 0.285. The third-order valence-corrected chi connectivity index (χ3v) is 0.498. The maximum atomic E-state index is 5.11. The highest BCUT2D eigenvalue weighted by atomic mass is 16.5. The molecule has 0 N–H and O–H groups in total. The summed E-state index contributed by atoms with van der Waals surface area (Å²) < 4.78 is 4.89. The van der Waals surface area contributed by atoms with Gasteiger partial charge in [0.05, 0.1) is 14.5 Å². The minimum Gasteiger partial charge on any atom is -0.378 e. The van der Waals surface area contributed by atoms with Gasteiger partial charge in [0.25, 0.3) is 0 Å². The van der Waals surface area contributed by atoms with E-state index in [-0.39, 0.29) is 0 Å².